The van der Waals surface area contributed by atoms with Crippen LogP contribution in [0.15, 0.2) is 36.2 Å². The van der Waals surface area contributed by atoms with Gasteiger partial charge < -0.3 is 5.43 Å². The third-order valence-electron chi connectivity index (χ3n) is 3.01. The van der Waals surface area contributed by atoms with Crippen LogP contribution < -0.4 is 16.0 Å². The molecule has 3 rings (SSSR count). The molecule has 0 spiro atoms. The largest absolute Gasteiger partial charge is 0.304 e. The van der Waals surface area contributed by atoms with Gasteiger partial charge in [0, 0.05) is 11.2 Å². The van der Waals surface area contributed by atoms with E-state index < -0.39 is 0 Å². The van der Waals surface area contributed by atoms with E-state index in [-0.39, 0.29) is 0 Å². The highest BCUT2D eigenvalue weighted by Crippen LogP contribution is 2.19. The molecule has 0 fully saturated rings. The van der Waals surface area contributed by atoms with Gasteiger partial charge in [0.05, 0.1) is 17.9 Å². The zero-order valence-electron chi connectivity index (χ0n) is 11.3. The number of aromatic nitrogens is 3. The number of allylic oxidation sites excluding steroid dienone is 1. The molecule has 104 valence electrons. The van der Waals surface area contributed by atoms with Crippen LogP contribution in [0.3, 0.4) is 0 Å². The van der Waals surface area contributed by atoms with Crippen LogP contribution in [0, 0.1) is 13.8 Å². The van der Waals surface area contributed by atoms with Crippen LogP contribution in [0.5, 0.6) is 0 Å². The van der Waals surface area contributed by atoms with Gasteiger partial charge in [0.1, 0.15) is 11.6 Å². The molecule has 2 heterocycles. The van der Waals surface area contributed by atoms with Crippen molar-refractivity contribution in [3.8, 4) is 0 Å². The molecule has 0 radical (unpaired) electrons. The van der Waals surface area contributed by atoms with Crippen molar-refractivity contribution in [2.45, 2.75) is 20.4 Å². The van der Waals surface area contributed by atoms with Crippen molar-refractivity contribution in [1.29, 1.82) is 0 Å². The van der Waals surface area contributed by atoms with Crippen LogP contribution >= 0.6 is 11.6 Å². The molecule has 0 aliphatic carbocycles. The maximum absolute atomic E-state index is 5.89. The predicted molar refractivity (Wildman–Crippen MR) is 77.8 cm³/mol. The molecule has 2 N–H and O–H groups in total. The van der Waals surface area contributed by atoms with Gasteiger partial charge in [0.2, 0.25) is 0 Å². The van der Waals surface area contributed by atoms with Gasteiger partial charge >= 0.3 is 0 Å². The highest BCUT2D eigenvalue weighted by Gasteiger charge is 2.14. The second kappa shape index (κ2) is 5.15. The Morgan fingerprint density at radius 1 is 1.20 bits per heavy atom. The Balaban J connectivity index is 1.75. The number of aryl methyl sites for hydroxylation is 2. The van der Waals surface area contributed by atoms with Crippen LogP contribution in [0.1, 0.15) is 11.6 Å². The Kier molecular flexibility index (Phi) is 3.33. The van der Waals surface area contributed by atoms with Crippen molar-refractivity contribution in [3.05, 3.63) is 52.8 Å². The molecular weight excluding hydrogens is 276 g/mol. The van der Waals surface area contributed by atoms with Gasteiger partial charge in [-0.15, -0.1) is 5.53 Å². The summed E-state index contributed by atoms with van der Waals surface area (Å²) in [5, 5.41) is 6.96. The smallest absolute Gasteiger partial charge is 0.147 e. The lowest BCUT2D eigenvalue weighted by molar-refractivity contribution is 0.581. The Morgan fingerprint density at radius 3 is 2.60 bits per heavy atom. The highest BCUT2D eigenvalue weighted by atomic mass is 35.5. The van der Waals surface area contributed by atoms with Crippen molar-refractivity contribution in [2.75, 3.05) is 5.01 Å². The van der Waals surface area contributed by atoms with E-state index in [0.717, 1.165) is 28.1 Å². The molecule has 0 saturated carbocycles. The number of anilines is 1. The Bertz CT molecular complexity index is 645. The number of hydrogen-bond donors (Lipinski definition) is 2. The molecule has 0 atom stereocenters. The zero-order chi connectivity index (χ0) is 14.1. The topological polar surface area (TPSA) is 58.0 Å². The van der Waals surface area contributed by atoms with E-state index in [1.165, 1.54) is 0 Å². The van der Waals surface area contributed by atoms with E-state index in [2.05, 4.69) is 21.0 Å². The van der Waals surface area contributed by atoms with Gasteiger partial charge in [-0.2, -0.15) is 5.10 Å². The lowest BCUT2D eigenvalue weighted by Crippen LogP contribution is -2.36. The molecule has 20 heavy (non-hydrogen) atoms. The monoisotopic (exact) mass is 290 g/mol. The minimum Gasteiger partial charge on any atom is -0.304 e. The van der Waals surface area contributed by atoms with E-state index in [4.69, 9.17) is 11.6 Å². The van der Waals surface area contributed by atoms with E-state index in [1.807, 2.05) is 54.0 Å². The zero-order valence-corrected chi connectivity index (χ0v) is 12.0. The van der Waals surface area contributed by atoms with Gasteiger partial charge in [-0.1, -0.05) is 11.6 Å². The Morgan fingerprint density at radius 2 is 1.95 bits per heavy atom. The van der Waals surface area contributed by atoms with Gasteiger partial charge in [-0.05, 0) is 38.1 Å². The van der Waals surface area contributed by atoms with Gasteiger partial charge in [-0.25, -0.2) is 9.67 Å². The second-order valence-corrected chi connectivity index (χ2v) is 5.04. The van der Waals surface area contributed by atoms with E-state index >= 15 is 0 Å². The van der Waals surface area contributed by atoms with Crippen LogP contribution in [-0.4, -0.2) is 14.8 Å². The molecule has 2 aromatic rings. The summed E-state index contributed by atoms with van der Waals surface area (Å²) in [5.74, 6) is 1.68. The number of rotatable bonds is 3. The number of halogens is 1. The lowest BCUT2D eigenvalue weighted by atomic mass is 10.3. The summed E-state index contributed by atoms with van der Waals surface area (Å²) in [5.41, 5.74) is 8.21. The molecule has 0 bridgehead atoms. The molecule has 0 saturated heterocycles. The summed E-state index contributed by atoms with van der Waals surface area (Å²) in [6, 6.07) is 7.60. The first-order valence-corrected chi connectivity index (χ1v) is 6.65. The number of nitrogens with one attached hydrogen (secondary N) is 2. The summed E-state index contributed by atoms with van der Waals surface area (Å²) in [4.78, 5) is 4.29. The van der Waals surface area contributed by atoms with E-state index in [0.29, 0.717) is 6.54 Å². The van der Waals surface area contributed by atoms with Crippen molar-refractivity contribution >= 4 is 17.3 Å². The second-order valence-electron chi connectivity index (χ2n) is 4.60. The van der Waals surface area contributed by atoms with Gasteiger partial charge in [-0.3, -0.25) is 5.01 Å². The fourth-order valence-corrected chi connectivity index (χ4v) is 2.17. The average Bonchev–Trinajstić information content (AvgIpc) is 2.98. The summed E-state index contributed by atoms with van der Waals surface area (Å²) in [7, 11) is 0. The summed E-state index contributed by atoms with van der Waals surface area (Å²) >= 11 is 5.89. The van der Waals surface area contributed by atoms with Crippen LogP contribution in [0.4, 0.5) is 5.69 Å². The molecule has 0 amide bonds. The molecule has 6 nitrogen and oxygen atoms in total. The third kappa shape index (κ3) is 2.61. The lowest BCUT2D eigenvalue weighted by Gasteiger charge is -2.14. The van der Waals surface area contributed by atoms with E-state index in [9.17, 15) is 0 Å². The molecule has 7 heteroatoms. The molecule has 1 aliphatic heterocycles. The van der Waals surface area contributed by atoms with Gasteiger partial charge in [0.15, 0.2) is 0 Å². The fraction of sp³-hybridized carbons (Fsp3) is 0.231. The summed E-state index contributed by atoms with van der Waals surface area (Å²) in [6.45, 7) is 4.47. The maximum atomic E-state index is 5.89. The number of hydrogen-bond acceptors (Lipinski definition) is 5. The molecule has 1 aliphatic rings. The summed E-state index contributed by atoms with van der Waals surface area (Å²) in [6.07, 6.45) is 1.99. The molecule has 1 aromatic carbocycles. The van der Waals surface area contributed by atoms with Crippen molar-refractivity contribution in [2.24, 2.45) is 0 Å². The number of nitrogens with zero attached hydrogens (tertiary/aromatic N) is 4. The van der Waals surface area contributed by atoms with Crippen LogP contribution in [-0.2, 0) is 6.54 Å². The van der Waals surface area contributed by atoms with E-state index in [1.54, 1.807) is 0 Å². The van der Waals surface area contributed by atoms with Crippen molar-refractivity contribution < 1.29 is 0 Å². The number of benzene rings is 1. The van der Waals surface area contributed by atoms with Gasteiger partial charge in [0.25, 0.3) is 0 Å². The molecule has 1 aromatic heterocycles. The molecule has 0 unspecified atom stereocenters. The first-order chi connectivity index (χ1) is 9.61. The fourth-order valence-electron chi connectivity index (χ4n) is 2.05. The highest BCUT2D eigenvalue weighted by molar-refractivity contribution is 6.30. The van der Waals surface area contributed by atoms with Crippen molar-refractivity contribution in [3.63, 3.8) is 0 Å². The molecular formula is C13H15ClN6. The Hall–Kier alpha value is -2.05. The summed E-state index contributed by atoms with van der Waals surface area (Å²) < 4.78 is 1.86. The maximum Gasteiger partial charge on any atom is 0.147 e. The third-order valence-corrected chi connectivity index (χ3v) is 3.26. The quantitative estimate of drug-likeness (QED) is 0.904. The normalized spacial score (nSPS) is 14.3. The minimum absolute atomic E-state index is 0.643. The first kappa shape index (κ1) is 13.0. The predicted octanol–water partition coefficient (Wildman–Crippen LogP) is 1.92. The standard InChI is InChI=1S/C13H15ClN6/c1-9-15-10(2)19(17-9)7-12-8-20(18-16-12)13-5-3-11(14)4-6-13/h3-6,8,16,18H,7H2,1-2H3. The number of hydrazine groups is 2. The van der Waals surface area contributed by atoms with Crippen molar-refractivity contribution in [1.82, 2.24) is 25.7 Å². The minimum atomic E-state index is 0.643. The Labute approximate surface area is 122 Å². The van der Waals surface area contributed by atoms with Crippen LogP contribution in [0.25, 0.3) is 0 Å². The SMILES string of the molecule is Cc1nc(C)n(CC2=CN(c3ccc(Cl)cc3)NN2)n1. The first-order valence-electron chi connectivity index (χ1n) is 6.27. The average molecular weight is 291 g/mol. The van der Waals surface area contributed by atoms with Crippen LogP contribution in [0.2, 0.25) is 5.02 Å².